The molecule has 5 rings (SSSR count). The predicted molar refractivity (Wildman–Crippen MR) is 138 cm³/mol. The summed E-state index contributed by atoms with van der Waals surface area (Å²) >= 11 is 7.07. The molecule has 178 valence electrons. The lowest BCUT2D eigenvalue weighted by molar-refractivity contribution is -0.114. The average molecular weight is 518 g/mol. The largest absolute Gasteiger partial charge is 0.493 e. The first-order valence-corrected chi connectivity index (χ1v) is 11.7. The van der Waals surface area contributed by atoms with Crippen LogP contribution in [0.1, 0.15) is 21.5 Å². The van der Waals surface area contributed by atoms with Crippen LogP contribution in [0.15, 0.2) is 82.7 Å². The highest BCUT2D eigenvalue weighted by molar-refractivity contribution is 8.27. The van der Waals surface area contributed by atoms with Crippen molar-refractivity contribution in [3.63, 3.8) is 0 Å². The fourth-order valence-electron chi connectivity index (χ4n) is 3.37. The van der Waals surface area contributed by atoms with Gasteiger partial charge >= 0.3 is 5.97 Å². The van der Waals surface area contributed by atoms with E-state index in [1.165, 1.54) is 30.0 Å². The first-order chi connectivity index (χ1) is 17.4. The summed E-state index contributed by atoms with van der Waals surface area (Å²) in [5, 5.41) is 15.7. The number of halogens is 1. The van der Waals surface area contributed by atoms with Crippen molar-refractivity contribution in [3.8, 4) is 11.5 Å². The molecule has 1 aromatic heterocycles. The van der Waals surface area contributed by atoms with Crippen LogP contribution in [0.4, 0.5) is 0 Å². The number of thioether (sulfide) groups is 1. The van der Waals surface area contributed by atoms with Crippen LogP contribution in [0.25, 0.3) is 6.08 Å². The Morgan fingerprint density at radius 1 is 1.14 bits per heavy atom. The SMILES string of the molecule is COc1cc(C=C2C(=N)N3N=C(c4cccnc4)SC3=NC2=O)ccc1OC(=O)c1ccc(Cl)cc1. The van der Waals surface area contributed by atoms with Crippen molar-refractivity contribution in [1.82, 2.24) is 9.99 Å². The van der Waals surface area contributed by atoms with Crippen molar-refractivity contribution in [3.05, 3.63) is 94.3 Å². The summed E-state index contributed by atoms with van der Waals surface area (Å²) in [4.78, 5) is 33.4. The van der Waals surface area contributed by atoms with Gasteiger partial charge in [0.2, 0.25) is 5.17 Å². The predicted octanol–water partition coefficient (Wildman–Crippen LogP) is 4.63. The van der Waals surface area contributed by atoms with Gasteiger partial charge in [-0.25, -0.2) is 4.79 Å². The van der Waals surface area contributed by atoms with Crippen molar-refractivity contribution in [2.75, 3.05) is 7.11 Å². The molecule has 0 radical (unpaired) electrons. The minimum atomic E-state index is -0.573. The van der Waals surface area contributed by atoms with Crippen LogP contribution < -0.4 is 9.47 Å². The zero-order chi connectivity index (χ0) is 25.2. The minimum absolute atomic E-state index is 0.0588. The molecular weight excluding hydrogens is 502 g/mol. The van der Waals surface area contributed by atoms with Crippen LogP contribution in [0.3, 0.4) is 0 Å². The van der Waals surface area contributed by atoms with Gasteiger partial charge in [-0.05, 0) is 71.9 Å². The zero-order valence-electron chi connectivity index (χ0n) is 18.6. The third-order valence-corrected chi connectivity index (χ3v) is 6.35. The smallest absolute Gasteiger partial charge is 0.343 e. The van der Waals surface area contributed by atoms with E-state index in [1.807, 2.05) is 6.07 Å². The molecule has 0 atom stereocenters. The van der Waals surface area contributed by atoms with Gasteiger partial charge in [0.1, 0.15) is 5.04 Å². The van der Waals surface area contributed by atoms with Gasteiger partial charge in [-0.2, -0.15) is 15.1 Å². The number of fused-ring (bicyclic) bond motifs is 1. The van der Waals surface area contributed by atoms with Crippen molar-refractivity contribution in [2.24, 2.45) is 10.1 Å². The number of aromatic nitrogens is 1. The summed E-state index contributed by atoms with van der Waals surface area (Å²) in [5.41, 5.74) is 1.70. The number of hydrogen-bond acceptors (Lipinski definition) is 8. The number of aliphatic imine (C=N–C) groups is 1. The van der Waals surface area contributed by atoms with Crippen LogP contribution in [-0.2, 0) is 4.79 Å². The number of ether oxygens (including phenoxy) is 2. The van der Waals surface area contributed by atoms with Gasteiger partial charge in [0.25, 0.3) is 5.91 Å². The molecule has 0 spiro atoms. The highest BCUT2D eigenvalue weighted by Gasteiger charge is 2.36. The summed E-state index contributed by atoms with van der Waals surface area (Å²) in [6.45, 7) is 0. The lowest BCUT2D eigenvalue weighted by atomic mass is 10.1. The summed E-state index contributed by atoms with van der Waals surface area (Å²) in [6.07, 6.45) is 4.82. The number of pyridine rings is 1. The number of hydrazone groups is 1. The van der Waals surface area contributed by atoms with Gasteiger partial charge in [-0.15, -0.1) is 0 Å². The summed E-state index contributed by atoms with van der Waals surface area (Å²) in [5.74, 6) is -0.756. The molecule has 3 heterocycles. The van der Waals surface area contributed by atoms with Gasteiger partial charge in [0, 0.05) is 23.0 Å². The number of esters is 1. The molecule has 0 aliphatic carbocycles. The molecule has 36 heavy (non-hydrogen) atoms. The second-order valence-corrected chi connectivity index (χ2v) is 8.87. The van der Waals surface area contributed by atoms with Crippen molar-refractivity contribution >= 4 is 57.4 Å². The summed E-state index contributed by atoms with van der Waals surface area (Å²) in [7, 11) is 1.44. The van der Waals surface area contributed by atoms with Crippen LogP contribution in [0.2, 0.25) is 5.02 Å². The molecule has 2 aliphatic heterocycles. The van der Waals surface area contributed by atoms with Crippen LogP contribution >= 0.6 is 23.4 Å². The van der Waals surface area contributed by atoms with Crippen molar-refractivity contribution < 1.29 is 19.1 Å². The molecule has 1 N–H and O–H groups in total. The van der Waals surface area contributed by atoms with E-state index in [9.17, 15) is 9.59 Å². The van der Waals surface area contributed by atoms with Gasteiger partial charge in [0.15, 0.2) is 17.3 Å². The first kappa shape index (κ1) is 23.5. The Bertz CT molecular complexity index is 1490. The average Bonchev–Trinajstić information content (AvgIpc) is 3.32. The van der Waals surface area contributed by atoms with Gasteiger partial charge < -0.3 is 9.47 Å². The zero-order valence-corrected chi connectivity index (χ0v) is 20.2. The molecule has 3 aromatic rings. The van der Waals surface area contributed by atoms with Crippen LogP contribution in [0.5, 0.6) is 11.5 Å². The second-order valence-electron chi connectivity index (χ2n) is 7.47. The number of benzene rings is 2. The third kappa shape index (κ3) is 4.64. The molecule has 0 fully saturated rings. The summed E-state index contributed by atoms with van der Waals surface area (Å²) in [6, 6.07) is 14.7. The normalized spacial score (nSPS) is 15.9. The lowest BCUT2D eigenvalue weighted by Gasteiger charge is -2.20. The van der Waals surface area contributed by atoms with E-state index in [4.69, 9.17) is 26.5 Å². The highest BCUT2D eigenvalue weighted by atomic mass is 35.5. The van der Waals surface area contributed by atoms with E-state index in [0.717, 1.165) is 5.56 Å². The molecular formula is C25H16ClN5O4S. The monoisotopic (exact) mass is 517 g/mol. The van der Waals surface area contributed by atoms with E-state index in [-0.39, 0.29) is 22.9 Å². The Morgan fingerprint density at radius 3 is 2.67 bits per heavy atom. The van der Waals surface area contributed by atoms with E-state index >= 15 is 0 Å². The van der Waals surface area contributed by atoms with E-state index in [0.29, 0.717) is 26.4 Å². The molecule has 2 aliphatic rings. The molecule has 0 saturated heterocycles. The van der Waals surface area contributed by atoms with Gasteiger partial charge in [0.05, 0.1) is 18.2 Å². The number of amides is 1. The maximum absolute atomic E-state index is 12.7. The fraction of sp³-hybridized carbons (Fsp3) is 0.0400. The van der Waals surface area contributed by atoms with Crippen LogP contribution in [0, 0.1) is 5.41 Å². The molecule has 2 aromatic carbocycles. The molecule has 0 saturated carbocycles. The van der Waals surface area contributed by atoms with Crippen molar-refractivity contribution in [2.45, 2.75) is 0 Å². The fourth-order valence-corrected chi connectivity index (χ4v) is 4.37. The number of hydrogen-bond donors (Lipinski definition) is 1. The first-order valence-electron chi connectivity index (χ1n) is 10.5. The molecule has 11 heteroatoms. The third-order valence-electron chi connectivity index (χ3n) is 5.14. The Morgan fingerprint density at radius 2 is 1.94 bits per heavy atom. The highest BCUT2D eigenvalue weighted by Crippen LogP contribution is 2.33. The standard InChI is InChI=1S/C25H16ClN5O4S/c1-34-20-12-14(4-9-19(20)35-24(33)15-5-7-17(26)8-6-15)11-18-21(27)31-25(29-22(18)32)36-23(30-31)16-3-2-10-28-13-16/h2-13,27H,1H3. The number of nitrogens with zero attached hydrogens (tertiary/aromatic N) is 4. The Kier molecular flexibility index (Phi) is 6.36. The quantitative estimate of drug-likeness (QED) is 0.298. The second kappa shape index (κ2) is 9.76. The maximum Gasteiger partial charge on any atom is 0.343 e. The van der Waals surface area contributed by atoms with Crippen molar-refractivity contribution in [1.29, 1.82) is 5.41 Å². The minimum Gasteiger partial charge on any atom is -0.493 e. The van der Waals surface area contributed by atoms with Crippen LogP contribution in [-0.4, -0.2) is 45.0 Å². The van der Waals surface area contributed by atoms with E-state index in [2.05, 4.69) is 15.1 Å². The summed E-state index contributed by atoms with van der Waals surface area (Å²) < 4.78 is 10.8. The number of carbonyl (C=O) groups is 2. The maximum atomic E-state index is 12.7. The number of nitrogens with one attached hydrogen (secondary N) is 1. The van der Waals surface area contributed by atoms with Gasteiger partial charge in [-0.3, -0.25) is 15.2 Å². The molecule has 9 nitrogen and oxygen atoms in total. The number of carbonyl (C=O) groups excluding carboxylic acids is 2. The Labute approximate surface area is 214 Å². The molecule has 0 unspecified atom stereocenters. The molecule has 0 bridgehead atoms. The lowest BCUT2D eigenvalue weighted by Crippen LogP contribution is -2.35. The number of rotatable bonds is 5. The van der Waals surface area contributed by atoms with E-state index in [1.54, 1.807) is 60.9 Å². The molecule has 1 amide bonds. The van der Waals surface area contributed by atoms with Gasteiger partial charge in [-0.1, -0.05) is 17.7 Å². The van der Waals surface area contributed by atoms with E-state index < -0.39 is 11.9 Å². The Hall–Kier alpha value is -4.28. The topological polar surface area (TPSA) is 117 Å². The number of amidine groups is 2. The Balaban J connectivity index is 1.39. The number of methoxy groups -OCH3 is 1.